The van der Waals surface area contributed by atoms with E-state index < -0.39 is 0 Å². The Hall–Kier alpha value is -0.670. The highest BCUT2D eigenvalue weighted by Gasteiger charge is 2.21. The van der Waals surface area contributed by atoms with E-state index in [1.807, 2.05) is 12.1 Å². The summed E-state index contributed by atoms with van der Waals surface area (Å²) in [6.45, 7) is 8.38. The smallest absolute Gasteiger partial charge is 0.130 e. The number of halogens is 2. The maximum Gasteiger partial charge on any atom is 0.130 e. The second-order valence-electron chi connectivity index (χ2n) is 5.79. The summed E-state index contributed by atoms with van der Waals surface area (Å²) in [6, 6.07) is 9.78. The predicted octanol–water partition coefficient (Wildman–Crippen LogP) is 5.98. The fourth-order valence-corrected chi connectivity index (χ4v) is 3.76. The molecule has 19 heavy (non-hydrogen) atoms. The van der Waals surface area contributed by atoms with Gasteiger partial charge in [-0.25, -0.2) is 4.39 Å². The van der Waals surface area contributed by atoms with E-state index in [0.717, 1.165) is 4.88 Å². The maximum absolute atomic E-state index is 14.2. The summed E-state index contributed by atoms with van der Waals surface area (Å²) in [6.07, 6.45) is 0. The third kappa shape index (κ3) is 3.09. The molecule has 3 heteroatoms. The van der Waals surface area contributed by atoms with Crippen molar-refractivity contribution in [3.05, 3.63) is 57.0 Å². The average Bonchev–Trinajstić information content (AvgIpc) is 2.81. The fraction of sp³-hybridized carbons (Fsp3) is 0.375. The molecule has 0 aliphatic carbocycles. The van der Waals surface area contributed by atoms with Gasteiger partial charge in [0.2, 0.25) is 0 Å². The summed E-state index contributed by atoms with van der Waals surface area (Å²) in [7, 11) is 0. The molecule has 2 rings (SSSR count). The van der Waals surface area contributed by atoms with Gasteiger partial charge in [-0.1, -0.05) is 54.9 Å². The van der Waals surface area contributed by atoms with Gasteiger partial charge in [-0.2, -0.15) is 0 Å². The van der Waals surface area contributed by atoms with Gasteiger partial charge in [0.1, 0.15) is 5.82 Å². The highest BCUT2D eigenvalue weighted by molar-refractivity contribution is 9.09. The van der Waals surface area contributed by atoms with Crippen molar-refractivity contribution in [2.24, 2.45) is 0 Å². The highest BCUT2D eigenvalue weighted by atomic mass is 79.9. The molecule has 0 amide bonds. The first-order valence-corrected chi connectivity index (χ1v) is 8.03. The largest absolute Gasteiger partial charge is 0.206 e. The zero-order valence-corrected chi connectivity index (χ0v) is 14.0. The molecule has 2 aromatic rings. The molecule has 0 aliphatic rings. The van der Waals surface area contributed by atoms with Crippen molar-refractivity contribution in [1.29, 1.82) is 0 Å². The second-order valence-corrected chi connectivity index (χ2v) is 7.82. The molecule has 102 valence electrons. The average molecular weight is 341 g/mol. The molecule has 0 radical (unpaired) electrons. The van der Waals surface area contributed by atoms with Gasteiger partial charge in [-0.3, -0.25) is 0 Å². The lowest BCUT2D eigenvalue weighted by molar-refractivity contribution is 0.604. The number of aryl methyl sites for hydroxylation is 1. The van der Waals surface area contributed by atoms with Gasteiger partial charge in [0.05, 0.1) is 4.83 Å². The zero-order valence-electron chi connectivity index (χ0n) is 11.6. The summed E-state index contributed by atoms with van der Waals surface area (Å²) in [4.78, 5) is 2.39. The predicted molar refractivity (Wildman–Crippen MR) is 84.9 cm³/mol. The molecule has 0 nitrogen and oxygen atoms in total. The van der Waals surface area contributed by atoms with Gasteiger partial charge in [0.15, 0.2) is 0 Å². The van der Waals surface area contributed by atoms with E-state index in [2.05, 4.69) is 48.8 Å². The summed E-state index contributed by atoms with van der Waals surface area (Å²) < 4.78 is 14.2. The molecule has 1 unspecified atom stereocenters. The molecule has 0 saturated heterocycles. The lowest BCUT2D eigenvalue weighted by atomic mass is 9.95. The minimum absolute atomic E-state index is 0.0755. The van der Waals surface area contributed by atoms with Crippen LogP contribution in [0.3, 0.4) is 0 Å². The van der Waals surface area contributed by atoms with E-state index in [1.165, 1.54) is 4.88 Å². The van der Waals surface area contributed by atoms with E-state index in [4.69, 9.17) is 0 Å². The van der Waals surface area contributed by atoms with Gasteiger partial charge in [0, 0.05) is 15.3 Å². The minimum Gasteiger partial charge on any atom is -0.206 e. The maximum atomic E-state index is 14.2. The summed E-state index contributed by atoms with van der Waals surface area (Å²) in [5.41, 5.74) is 1.54. The first-order chi connectivity index (χ1) is 8.80. The number of benzene rings is 1. The molecule has 1 atom stereocenters. The number of hydrogen-bond acceptors (Lipinski definition) is 1. The van der Waals surface area contributed by atoms with Crippen LogP contribution in [-0.4, -0.2) is 0 Å². The van der Waals surface area contributed by atoms with Crippen LogP contribution in [0.15, 0.2) is 30.3 Å². The van der Waals surface area contributed by atoms with Crippen LogP contribution in [-0.2, 0) is 5.41 Å². The highest BCUT2D eigenvalue weighted by Crippen LogP contribution is 2.39. The summed E-state index contributed by atoms with van der Waals surface area (Å²) in [5, 5.41) is 0. The Balaban J connectivity index is 2.37. The molecule has 0 saturated carbocycles. The Labute approximate surface area is 126 Å². The molecule has 0 spiro atoms. The molecule has 1 aromatic heterocycles. The van der Waals surface area contributed by atoms with Crippen LogP contribution in [0.5, 0.6) is 0 Å². The first kappa shape index (κ1) is 14.7. The molecule has 0 N–H and O–H groups in total. The number of alkyl halides is 1. The molecular weight excluding hydrogens is 323 g/mol. The summed E-state index contributed by atoms with van der Waals surface area (Å²) >= 11 is 5.37. The Morgan fingerprint density at radius 1 is 1.16 bits per heavy atom. The van der Waals surface area contributed by atoms with Crippen molar-refractivity contribution in [2.45, 2.75) is 37.9 Å². The van der Waals surface area contributed by atoms with Crippen LogP contribution in [0.25, 0.3) is 0 Å². The van der Waals surface area contributed by atoms with E-state index in [0.29, 0.717) is 11.1 Å². The van der Waals surface area contributed by atoms with Crippen molar-refractivity contribution in [3.63, 3.8) is 0 Å². The monoisotopic (exact) mass is 340 g/mol. The van der Waals surface area contributed by atoms with Gasteiger partial charge >= 0.3 is 0 Å². The quantitative estimate of drug-likeness (QED) is 0.590. The molecule has 0 aliphatic heterocycles. The van der Waals surface area contributed by atoms with Gasteiger partial charge in [-0.15, -0.1) is 11.3 Å². The lowest BCUT2D eigenvalue weighted by Gasteiger charge is -2.16. The van der Waals surface area contributed by atoms with Crippen LogP contribution in [0.2, 0.25) is 0 Å². The summed E-state index contributed by atoms with van der Waals surface area (Å²) in [5.74, 6) is -0.116. The van der Waals surface area contributed by atoms with Crippen molar-refractivity contribution in [1.82, 2.24) is 0 Å². The number of rotatable bonds is 2. The van der Waals surface area contributed by atoms with Crippen molar-refractivity contribution in [2.75, 3.05) is 0 Å². The third-order valence-electron chi connectivity index (χ3n) is 3.11. The van der Waals surface area contributed by atoms with Crippen molar-refractivity contribution in [3.8, 4) is 0 Å². The van der Waals surface area contributed by atoms with Gasteiger partial charge < -0.3 is 0 Å². The second kappa shape index (κ2) is 5.37. The van der Waals surface area contributed by atoms with Gasteiger partial charge in [-0.05, 0) is 30.0 Å². The third-order valence-corrected chi connectivity index (χ3v) is 5.98. The SMILES string of the molecule is Cc1cccc(C(Br)c2ccc(C(C)(C)C)s2)c1F. The van der Waals surface area contributed by atoms with Crippen LogP contribution < -0.4 is 0 Å². The molecular formula is C16H18BrFS. The van der Waals surface area contributed by atoms with E-state index in [-0.39, 0.29) is 16.1 Å². The lowest BCUT2D eigenvalue weighted by Crippen LogP contribution is -2.07. The normalized spacial score (nSPS) is 13.6. The van der Waals surface area contributed by atoms with Crippen molar-refractivity contribution >= 4 is 27.3 Å². The molecule has 1 heterocycles. The standard InChI is InChI=1S/C16H18BrFS/c1-10-6-5-7-11(15(10)18)14(17)12-8-9-13(19-12)16(2,3)4/h5-9,14H,1-4H3. The molecule has 0 fully saturated rings. The van der Waals surface area contributed by atoms with Crippen LogP contribution in [0.4, 0.5) is 4.39 Å². The topological polar surface area (TPSA) is 0 Å². The minimum atomic E-state index is -0.116. The number of thiophene rings is 1. The van der Waals surface area contributed by atoms with Crippen LogP contribution >= 0.6 is 27.3 Å². The Morgan fingerprint density at radius 3 is 2.42 bits per heavy atom. The van der Waals surface area contributed by atoms with E-state index >= 15 is 0 Å². The van der Waals surface area contributed by atoms with E-state index in [1.54, 1.807) is 24.3 Å². The Bertz CT molecular complexity index is 581. The Kier molecular flexibility index (Phi) is 4.17. The first-order valence-electron chi connectivity index (χ1n) is 6.30. The number of hydrogen-bond donors (Lipinski definition) is 0. The van der Waals surface area contributed by atoms with Crippen LogP contribution in [0, 0.1) is 12.7 Å². The van der Waals surface area contributed by atoms with E-state index in [9.17, 15) is 4.39 Å². The van der Waals surface area contributed by atoms with Crippen LogP contribution in [0.1, 0.15) is 46.5 Å². The van der Waals surface area contributed by atoms with Gasteiger partial charge in [0.25, 0.3) is 0 Å². The molecule has 1 aromatic carbocycles. The zero-order chi connectivity index (χ0) is 14.2. The van der Waals surface area contributed by atoms with Crippen molar-refractivity contribution < 1.29 is 4.39 Å². The Morgan fingerprint density at radius 2 is 1.84 bits per heavy atom. The molecule has 0 bridgehead atoms. The fourth-order valence-electron chi connectivity index (χ4n) is 1.91.